The first-order valence-electron chi connectivity index (χ1n) is 4.08. The second-order valence-electron chi connectivity index (χ2n) is 2.86. The molecular formula is C10H10O4. The van der Waals surface area contributed by atoms with Gasteiger partial charge in [0.2, 0.25) is 0 Å². The lowest BCUT2D eigenvalue weighted by Crippen LogP contribution is -2.28. The molecule has 0 amide bonds. The fourth-order valence-electron chi connectivity index (χ4n) is 1.16. The van der Waals surface area contributed by atoms with E-state index in [1.54, 1.807) is 30.3 Å². The number of hydrogen-bond donors (Lipinski definition) is 2. The summed E-state index contributed by atoms with van der Waals surface area (Å²) in [6, 6.07) is 8.32. The zero-order chi connectivity index (χ0) is 10.6. The van der Waals surface area contributed by atoms with E-state index in [-0.39, 0.29) is 0 Å². The zero-order valence-corrected chi connectivity index (χ0v) is 7.33. The first-order chi connectivity index (χ1) is 6.66. The number of rotatable bonds is 4. The van der Waals surface area contributed by atoms with Gasteiger partial charge in [0.1, 0.15) is 6.29 Å². The van der Waals surface area contributed by atoms with Crippen molar-refractivity contribution in [1.29, 1.82) is 0 Å². The molecule has 4 heteroatoms. The molecule has 2 N–H and O–H groups in total. The monoisotopic (exact) mass is 194 g/mol. The van der Waals surface area contributed by atoms with Crippen molar-refractivity contribution >= 4 is 12.3 Å². The zero-order valence-electron chi connectivity index (χ0n) is 7.33. The molecule has 0 heterocycles. The van der Waals surface area contributed by atoms with Crippen LogP contribution in [0.2, 0.25) is 0 Å². The first kappa shape index (κ1) is 10.4. The Kier molecular flexibility index (Phi) is 3.36. The molecule has 0 aromatic heterocycles. The van der Waals surface area contributed by atoms with Crippen LogP contribution in [0, 0.1) is 0 Å². The number of carboxylic acid groups (broad SMARTS) is 1. The van der Waals surface area contributed by atoms with Gasteiger partial charge in [-0.3, -0.25) is 0 Å². The summed E-state index contributed by atoms with van der Waals surface area (Å²) in [6.07, 6.45) is -1.25. The van der Waals surface area contributed by atoms with Crippen LogP contribution in [0.3, 0.4) is 0 Å². The number of aliphatic hydroxyl groups is 1. The highest BCUT2D eigenvalue weighted by Crippen LogP contribution is 2.17. The maximum atomic E-state index is 10.6. The molecule has 0 bridgehead atoms. The molecule has 0 saturated heterocycles. The molecular weight excluding hydrogens is 184 g/mol. The van der Waals surface area contributed by atoms with Crippen molar-refractivity contribution in [2.24, 2.45) is 0 Å². The van der Waals surface area contributed by atoms with E-state index >= 15 is 0 Å². The predicted molar refractivity (Wildman–Crippen MR) is 48.9 cm³/mol. The summed E-state index contributed by atoms with van der Waals surface area (Å²) in [5.74, 6) is -2.40. The minimum absolute atomic E-state index is 0.439. The van der Waals surface area contributed by atoms with Gasteiger partial charge in [0.15, 0.2) is 6.10 Å². The third-order valence-electron chi connectivity index (χ3n) is 1.92. The molecule has 1 rings (SSSR count). The van der Waals surface area contributed by atoms with E-state index < -0.39 is 18.0 Å². The van der Waals surface area contributed by atoms with Crippen LogP contribution in [0.5, 0.6) is 0 Å². The van der Waals surface area contributed by atoms with Gasteiger partial charge in [-0.25, -0.2) is 4.79 Å². The number of hydrogen-bond acceptors (Lipinski definition) is 3. The molecule has 0 radical (unpaired) electrons. The van der Waals surface area contributed by atoms with E-state index in [2.05, 4.69) is 0 Å². The fourth-order valence-corrected chi connectivity index (χ4v) is 1.16. The Labute approximate surface area is 80.8 Å². The quantitative estimate of drug-likeness (QED) is 0.681. The molecule has 2 unspecified atom stereocenters. The van der Waals surface area contributed by atoms with Crippen molar-refractivity contribution in [3.63, 3.8) is 0 Å². The van der Waals surface area contributed by atoms with Gasteiger partial charge < -0.3 is 15.0 Å². The predicted octanol–water partition coefficient (Wildman–Crippen LogP) is 0.415. The maximum Gasteiger partial charge on any atom is 0.333 e. The average molecular weight is 194 g/mol. The summed E-state index contributed by atoms with van der Waals surface area (Å²) in [5, 5.41) is 17.7. The lowest BCUT2D eigenvalue weighted by molar-refractivity contribution is -0.148. The Bertz CT molecular complexity index is 320. The van der Waals surface area contributed by atoms with E-state index in [4.69, 9.17) is 5.11 Å². The smallest absolute Gasteiger partial charge is 0.333 e. The highest BCUT2D eigenvalue weighted by atomic mass is 16.4. The van der Waals surface area contributed by atoms with Crippen LogP contribution in [-0.2, 0) is 9.59 Å². The highest BCUT2D eigenvalue weighted by molar-refractivity contribution is 5.80. The van der Waals surface area contributed by atoms with Crippen molar-refractivity contribution in [2.75, 3.05) is 0 Å². The number of aliphatic carboxylic acids is 1. The Morgan fingerprint density at radius 2 is 1.86 bits per heavy atom. The van der Waals surface area contributed by atoms with E-state index in [9.17, 15) is 14.7 Å². The van der Waals surface area contributed by atoms with Crippen molar-refractivity contribution in [1.82, 2.24) is 0 Å². The fraction of sp³-hybridized carbons (Fsp3) is 0.200. The van der Waals surface area contributed by atoms with Crippen LogP contribution in [0.15, 0.2) is 30.3 Å². The lowest BCUT2D eigenvalue weighted by atomic mass is 9.95. The minimum Gasteiger partial charge on any atom is -0.479 e. The number of benzene rings is 1. The van der Waals surface area contributed by atoms with Gasteiger partial charge in [0.05, 0.1) is 5.92 Å². The van der Waals surface area contributed by atoms with Crippen molar-refractivity contribution in [3.05, 3.63) is 35.9 Å². The molecule has 0 saturated carbocycles. The van der Waals surface area contributed by atoms with Crippen molar-refractivity contribution in [2.45, 2.75) is 12.0 Å². The van der Waals surface area contributed by atoms with E-state index in [0.29, 0.717) is 11.8 Å². The molecule has 1 aromatic rings. The summed E-state index contributed by atoms with van der Waals surface area (Å²) in [6.45, 7) is 0. The van der Waals surface area contributed by atoms with E-state index in [0.717, 1.165) is 0 Å². The normalized spacial score (nSPS) is 14.4. The Morgan fingerprint density at radius 1 is 1.29 bits per heavy atom. The molecule has 0 fully saturated rings. The summed E-state index contributed by atoms with van der Waals surface area (Å²) >= 11 is 0. The third kappa shape index (κ3) is 2.17. The van der Waals surface area contributed by atoms with E-state index in [1.807, 2.05) is 0 Å². The molecule has 2 atom stereocenters. The lowest BCUT2D eigenvalue weighted by Gasteiger charge is -2.13. The average Bonchev–Trinajstić information content (AvgIpc) is 2.20. The topological polar surface area (TPSA) is 74.6 Å². The Hall–Kier alpha value is -1.68. The molecule has 1 aromatic carbocycles. The van der Waals surface area contributed by atoms with Gasteiger partial charge in [-0.2, -0.15) is 0 Å². The number of aldehydes is 1. The van der Waals surface area contributed by atoms with Crippen molar-refractivity contribution in [3.8, 4) is 0 Å². The summed E-state index contributed by atoms with van der Waals surface area (Å²) < 4.78 is 0. The number of aliphatic hydroxyl groups excluding tert-OH is 1. The van der Waals surface area contributed by atoms with Gasteiger partial charge in [0, 0.05) is 0 Å². The Balaban J connectivity index is 2.93. The summed E-state index contributed by atoms with van der Waals surface area (Å²) in [5.41, 5.74) is 0.498. The van der Waals surface area contributed by atoms with Gasteiger partial charge in [-0.1, -0.05) is 30.3 Å². The molecule has 0 aliphatic carbocycles. The molecule has 74 valence electrons. The molecule has 0 spiro atoms. The number of carboxylic acids is 1. The maximum absolute atomic E-state index is 10.6. The van der Waals surface area contributed by atoms with E-state index in [1.165, 1.54) is 0 Å². The number of carbonyl (C=O) groups is 2. The highest BCUT2D eigenvalue weighted by Gasteiger charge is 2.26. The molecule has 0 aliphatic heterocycles. The largest absolute Gasteiger partial charge is 0.479 e. The molecule has 4 nitrogen and oxygen atoms in total. The second-order valence-corrected chi connectivity index (χ2v) is 2.86. The van der Waals surface area contributed by atoms with Gasteiger partial charge in [0.25, 0.3) is 0 Å². The van der Waals surface area contributed by atoms with Crippen molar-refractivity contribution < 1.29 is 19.8 Å². The van der Waals surface area contributed by atoms with Gasteiger partial charge in [-0.05, 0) is 5.56 Å². The molecule has 14 heavy (non-hydrogen) atoms. The SMILES string of the molecule is O=CC(c1ccccc1)C(O)C(=O)O. The standard InChI is InChI=1S/C10H10O4/c11-6-8(9(12)10(13)14)7-4-2-1-3-5-7/h1-6,8-9,12H,(H,13,14). The third-order valence-corrected chi connectivity index (χ3v) is 1.92. The first-order valence-corrected chi connectivity index (χ1v) is 4.08. The minimum atomic E-state index is -1.69. The van der Waals surface area contributed by atoms with Crippen LogP contribution in [-0.4, -0.2) is 28.6 Å². The summed E-state index contributed by atoms with van der Waals surface area (Å²) in [7, 11) is 0. The second kappa shape index (κ2) is 4.53. The van der Waals surface area contributed by atoms with Crippen LogP contribution in [0.1, 0.15) is 11.5 Å². The van der Waals surface area contributed by atoms with Crippen LogP contribution >= 0.6 is 0 Å². The van der Waals surface area contributed by atoms with Crippen LogP contribution in [0.4, 0.5) is 0 Å². The van der Waals surface area contributed by atoms with Crippen LogP contribution in [0.25, 0.3) is 0 Å². The Morgan fingerprint density at radius 3 is 2.29 bits per heavy atom. The van der Waals surface area contributed by atoms with Gasteiger partial charge in [-0.15, -0.1) is 0 Å². The number of carbonyl (C=O) groups excluding carboxylic acids is 1. The van der Waals surface area contributed by atoms with Gasteiger partial charge >= 0.3 is 5.97 Å². The molecule has 0 aliphatic rings. The van der Waals surface area contributed by atoms with Crippen LogP contribution < -0.4 is 0 Å². The summed E-state index contributed by atoms with van der Waals surface area (Å²) in [4.78, 5) is 21.1.